The molecule has 4 nitrogen and oxygen atoms in total. The summed E-state index contributed by atoms with van der Waals surface area (Å²) in [6, 6.07) is 0. The van der Waals surface area contributed by atoms with Crippen molar-refractivity contribution in [1.29, 1.82) is 0 Å². The second-order valence-electron chi connectivity index (χ2n) is 5.42. The molecular weight excluding hydrogens is 216 g/mol. The minimum absolute atomic E-state index is 0.00333. The Kier molecular flexibility index (Phi) is 8.17. The smallest absolute Gasteiger partial charge is 0.224 e. The second-order valence-corrected chi connectivity index (χ2v) is 5.42. The number of nitrogens with one attached hydrogen (secondary N) is 2. The zero-order chi connectivity index (χ0) is 13.3. The molecule has 0 saturated heterocycles. The fraction of sp³-hybridized carbons (Fsp3) is 0.923. The minimum Gasteiger partial charge on any atom is -0.396 e. The van der Waals surface area contributed by atoms with Crippen molar-refractivity contribution >= 4 is 5.91 Å². The molecule has 17 heavy (non-hydrogen) atoms. The van der Waals surface area contributed by atoms with E-state index in [4.69, 9.17) is 5.11 Å². The molecule has 1 unspecified atom stereocenters. The van der Waals surface area contributed by atoms with E-state index in [9.17, 15) is 4.79 Å². The fourth-order valence-electron chi connectivity index (χ4n) is 1.60. The molecule has 0 radical (unpaired) electrons. The van der Waals surface area contributed by atoms with Gasteiger partial charge in [-0.1, -0.05) is 27.7 Å². The van der Waals surface area contributed by atoms with Crippen LogP contribution < -0.4 is 10.6 Å². The number of carbonyl (C=O) groups excluding carboxylic acids is 1. The Morgan fingerprint density at radius 2 is 2.06 bits per heavy atom. The zero-order valence-corrected chi connectivity index (χ0v) is 11.7. The van der Waals surface area contributed by atoms with E-state index in [1.807, 2.05) is 13.8 Å². The van der Waals surface area contributed by atoms with Crippen LogP contribution in [0.4, 0.5) is 0 Å². The molecule has 0 aliphatic carbocycles. The highest BCUT2D eigenvalue weighted by atomic mass is 16.2. The molecule has 0 heterocycles. The molecule has 0 aliphatic heterocycles. The second kappa shape index (κ2) is 8.48. The van der Waals surface area contributed by atoms with E-state index in [0.717, 1.165) is 25.9 Å². The third-order valence-corrected chi connectivity index (χ3v) is 2.90. The van der Waals surface area contributed by atoms with Gasteiger partial charge in [-0.15, -0.1) is 0 Å². The normalized spacial score (nSPS) is 13.5. The van der Waals surface area contributed by atoms with E-state index < -0.39 is 0 Å². The first kappa shape index (κ1) is 16.4. The van der Waals surface area contributed by atoms with E-state index in [0.29, 0.717) is 6.54 Å². The van der Waals surface area contributed by atoms with Gasteiger partial charge in [0, 0.05) is 25.6 Å². The maximum absolute atomic E-state index is 11.8. The maximum Gasteiger partial charge on any atom is 0.224 e. The van der Waals surface area contributed by atoms with Crippen LogP contribution in [0.15, 0.2) is 0 Å². The van der Waals surface area contributed by atoms with Crippen molar-refractivity contribution in [2.24, 2.45) is 11.3 Å². The van der Waals surface area contributed by atoms with Crippen molar-refractivity contribution in [2.45, 2.75) is 40.5 Å². The van der Waals surface area contributed by atoms with Crippen LogP contribution in [0.2, 0.25) is 0 Å². The summed E-state index contributed by atoms with van der Waals surface area (Å²) in [4.78, 5) is 11.8. The van der Waals surface area contributed by atoms with Gasteiger partial charge in [-0.2, -0.15) is 0 Å². The number of hydrogen-bond acceptors (Lipinski definition) is 3. The third-order valence-electron chi connectivity index (χ3n) is 2.90. The number of rotatable bonds is 9. The predicted octanol–water partition coefficient (Wildman–Crippen LogP) is 1.15. The maximum atomic E-state index is 11.8. The largest absolute Gasteiger partial charge is 0.396 e. The van der Waals surface area contributed by atoms with Crippen molar-refractivity contribution in [3.63, 3.8) is 0 Å². The number of amides is 1. The number of aliphatic hydroxyl groups excluding tert-OH is 1. The van der Waals surface area contributed by atoms with Crippen LogP contribution in [0.3, 0.4) is 0 Å². The molecule has 0 aromatic carbocycles. The van der Waals surface area contributed by atoms with Crippen LogP contribution in [0.25, 0.3) is 0 Å². The molecule has 0 saturated carbocycles. The molecule has 0 aliphatic rings. The number of hydrogen-bond donors (Lipinski definition) is 3. The van der Waals surface area contributed by atoms with Crippen LogP contribution in [0.5, 0.6) is 0 Å². The minimum atomic E-state index is 0.00333. The molecule has 0 aromatic rings. The monoisotopic (exact) mass is 244 g/mol. The Bertz CT molecular complexity index is 217. The number of carbonyl (C=O) groups is 1. The van der Waals surface area contributed by atoms with Crippen LogP contribution in [-0.2, 0) is 4.79 Å². The quantitative estimate of drug-likeness (QED) is 0.570. The van der Waals surface area contributed by atoms with Gasteiger partial charge >= 0.3 is 0 Å². The van der Waals surface area contributed by atoms with E-state index in [2.05, 4.69) is 24.5 Å². The topological polar surface area (TPSA) is 61.4 Å². The van der Waals surface area contributed by atoms with Gasteiger partial charge in [-0.3, -0.25) is 4.79 Å². The highest BCUT2D eigenvalue weighted by Crippen LogP contribution is 2.20. The first-order chi connectivity index (χ1) is 7.93. The van der Waals surface area contributed by atoms with Crippen molar-refractivity contribution in [3.8, 4) is 0 Å². The van der Waals surface area contributed by atoms with E-state index in [1.54, 1.807) is 0 Å². The van der Waals surface area contributed by atoms with Crippen molar-refractivity contribution in [2.75, 3.05) is 26.2 Å². The Morgan fingerprint density at radius 3 is 2.59 bits per heavy atom. The van der Waals surface area contributed by atoms with Gasteiger partial charge in [0.05, 0.1) is 0 Å². The van der Waals surface area contributed by atoms with E-state index >= 15 is 0 Å². The first-order valence-electron chi connectivity index (χ1n) is 6.52. The zero-order valence-electron chi connectivity index (χ0n) is 11.7. The van der Waals surface area contributed by atoms with E-state index in [1.165, 1.54) is 0 Å². The molecule has 0 fully saturated rings. The molecule has 1 amide bonds. The third kappa shape index (κ3) is 8.16. The summed E-state index contributed by atoms with van der Waals surface area (Å²) < 4.78 is 0. The van der Waals surface area contributed by atoms with E-state index in [-0.39, 0.29) is 23.8 Å². The Labute approximate surface area is 105 Å². The average molecular weight is 244 g/mol. The molecule has 0 aromatic heterocycles. The summed E-state index contributed by atoms with van der Waals surface area (Å²) in [5, 5.41) is 14.9. The molecule has 1 atom stereocenters. The highest BCUT2D eigenvalue weighted by molar-refractivity contribution is 5.78. The highest BCUT2D eigenvalue weighted by Gasteiger charge is 2.20. The van der Waals surface area contributed by atoms with Crippen LogP contribution >= 0.6 is 0 Å². The summed E-state index contributed by atoms with van der Waals surface area (Å²) in [5.41, 5.74) is 0.0519. The predicted molar refractivity (Wildman–Crippen MR) is 70.8 cm³/mol. The Morgan fingerprint density at radius 1 is 1.41 bits per heavy atom. The van der Waals surface area contributed by atoms with Crippen molar-refractivity contribution < 1.29 is 9.90 Å². The van der Waals surface area contributed by atoms with Gasteiger partial charge in [0.25, 0.3) is 0 Å². The summed E-state index contributed by atoms with van der Waals surface area (Å²) in [5.74, 6) is 0.103. The lowest BCUT2D eigenvalue weighted by molar-refractivity contribution is -0.124. The lowest BCUT2D eigenvalue weighted by Crippen LogP contribution is -2.40. The molecule has 4 heteroatoms. The van der Waals surface area contributed by atoms with Crippen LogP contribution in [-0.4, -0.2) is 37.3 Å². The fourth-order valence-corrected chi connectivity index (χ4v) is 1.60. The Hall–Kier alpha value is -0.610. The van der Waals surface area contributed by atoms with Gasteiger partial charge in [-0.25, -0.2) is 0 Å². The standard InChI is InChI=1S/C13H28N2O2/c1-5-14-9-11(2)12(17)15-10-13(3,4)7-6-8-16/h11,14,16H,5-10H2,1-4H3,(H,15,17). The SMILES string of the molecule is CCNCC(C)C(=O)NCC(C)(C)CCCO. The molecule has 0 bridgehead atoms. The molecular formula is C13H28N2O2. The lowest BCUT2D eigenvalue weighted by Gasteiger charge is -2.25. The van der Waals surface area contributed by atoms with Crippen LogP contribution in [0, 0.1) is 11.3 Å². The van der Waals surface area contributed by atoms with Gasteiger partial charge in [0.2, 0.25) is 5.91 Å². The Balaban J connectivity index is 3.88. The van der Waals surface area contributed by atoms with Crippen LogP contribution in [0.1, 0.15) is 40.5 Å². The average Bonchev–Trinajstić information content (AvgIpc) is 2.30. The first-order valence-corrected chi connectivity index (χ1v) is 6.52. The summed E-state index contributed by atoms with van der Waals surface area (Å²) in [6.07, 6.45) is 1.71. The summed E-state index contributed by atoms with van der Waals surface area (Å²) in [6.45, 7) is 10.7. The molecule has 0 rings (SSSR count). The molecule has 3 N–H and O–H groups in total. The summed E-state index contributed by atoms with van der Waals surface area (Å²) in [7, 11) is 0. The summed E-state index contributed by atoms with van der Waals surface area (Å²) >= 11 is 0. The molecule has 0 spiro atoms. The van der Waals surface area contributed by atoms with Crippen molar-refractivity contribution in [1.82, 2.24) is 10.6 Å². The van der Waals surface area contributed by atoms with Gasteiger partial charge in [0.1, 0.15) is 0 Å². The number of aliphatic hydroxyl groups is 1. The lowest BCUT2D eigenvalue weighted by atomic mass is 9.88. The van der Waals surface area contributed by atoms with Gasteiger partial charge in [-0.05, 0) is 24.8 Å². The van der Waals surface area contributed by atoms with Gasteiger partial charge in [0.15, 0.2) is 0 Å². The van der Waals surface area contributed by atoms with Gasteiger partial charge < -0.3 is 15.7 Å². The molecule has 102 valence electrons. The van der Waals surface area contributed by atoms with Crippen molar-refractivity contribution in [3.05, 3.63) is 0 Å².